The van der Waals surface area contributed by atoms with Gasteiger partial charge in [-0.1, -0.05) is 12.2 Å². The second-order valence-electron chi connectivity index (χ2n) is 4.39. The highest BCUT2D eigenvalue weighted by atomic mass is 16.3. The fraction of sp³-hybridized carbons (Fsp3) is 0.615. The Morgan fingerprint density at radius 3 is 2.53 bits per heavy atom. The van der Waals surface area contributed by atoms with Crippen LogP contribution in [0.1, 0.15) is 12.8 Å². The molecule has 0 bridgehead atoms. The molecule has 4 nitrogen and oxygen atoms in total. The molecule has 1 rings (SSSR count). The van der Waals surface area contributed by atoms with Gasteiger partial charge in [-0.3, -0.25) is 9.69 Å². The van der Waals surface area contributed by atoms with Gasteiger partial charge in [0.25, 0.3) is 0 Å². The highest BCUT2D eigenvalue weighted by molar-refractivity contribution is 5.78. The third-order valence-corrected chi connectivity index (χ3v) is 2.85. The molecule has 0 aromatic rings. The van der Waals surface area contributed by atoms with Gasteiger partial charge < -0.3 is 10.0 Å². The van der Waals surface area contributed by atoms with E-state index in [1.54, 1.807) is 17.1 Å². The minimum absolute atomic E-state index is 0.156. The molecule has 17 heavy (non-hydrogen) atoms. The van der Waals surface area contributed by atoms with Crippen LogP contribution < -0.4 is 0 Å². The van der Waals surface area contributed by atoms with Crippen LogP contribution in [0.3, 0.4) is 0 Å². The largest absolute Gasteiger partial charge is 0.390 e. The number of β-amino-alcohol motifs (C(OH)–C–C–N with tert-alkyl or cyclic N) is 1. The maximum absolute atomic E-state index is 11.4. The van der Waals surface area contributed by atoms with E-state index < -0.39 is 6.10 Å². The maximum atomic E-state index is 11.4. The predicted octanol–water partition coefficient (Wildman–Crippen LogP) is 0.644. The van der Waals surface area contributed by atoms with Gasteiger partial charge in [-0.15, -0.1) is 13.2 Å². The number of hydrogen-bond acceptors (Lipinski definition) is 3. The summed E-state index contributed by atoms with van der Waals surface area (Å²) in [6, 6.07) is 0. The molecule has 0 aliphatic carbocycles. The Labute approximate surface area is 103 Å². The lowest BCUT2D eigenvalue weighted by Gasteiger charge is -2.25. The van der Waals surface area contributed by atoms with Crippen molar-refractivity contribution < 1.29 is 9.90 Å². The number of hydrogen-bond donors (Lipinski definition) is 1. The zero-order valence-electron chi connectivity index (χ0n) is 10.3. The van der Waals surface area contributed by atoms with E-state index in [0.717, 1.165) is 26.1 Å². The summed E-state index contributed by atoms with van der Waals surface area (Å²) in [6.45, 7) is 10.6. The van der Waals surface area contributed by atoms with E-state index in [-0.39, 0.29) is 5.91 Å². The van der Waals surface area contributed by atoms with Crippen LogP contribution in [0.2, 0.25) is 0 Å². The Balaban J connectivity index is 2.35. The standard InChI is InChI=1S/C13H22N2O2/c1-3-7-14(8-4-2)10-12(16)11-15-9-5-6-13(15)17/h3-4,12,16H,1-2,5-11H2. The van der Waals surface area contributed by atoms with Crippen LogP contribution in [0.15, 0.2) is 25.3 Å². The molecule has 1 atom stereocenters. The fourth-order valence-electron chi connectivity index (χ4n) is 2.10. The molecule has 1 aliphatic heterocycles. The topological polar surface area (TPSA) is 43.8 Å². The molecule has 1 aliphatic rings. The summed E-state index contributed by atoms with van der Waals surface area (Å²) in [6.07, 6.45) is 4.63. The number of carbonyl (C=O) groups excluding carboxylic acids is 1. The molecule has 0 radical (unpaired) electrons. The predicted molar refractivity (Wildman–Crippen MR) is 68.7 cm³/mol. The minimum atomic E-state index is -0.503. The Morgan fingerprint density at radius 1 is 1.41 bits per heavy atom. The number of nitrogens with zero attached hydrogens (tertiary/aromatic N) is 2. The molecule has 0 spiro atoms. The van der Waals surface area contributed by atoms with Gasteiger partial charge >= 0.3 is 0 Å². The summed E-state index contributed by atoms with van der Waals surface area (Å²) in [4.78, 5) is 15.2. The Hall–Kier alpha value is -1.13. The molecule has 1 amide bonds. The summed E-state index contributed by atoms with van der Waals surface area (Å²) in [5, 5.41) is 9.95. The van der Waals surface area contributed by atoms with Crippen molar-refractivity contribution in [2.75, 3.05) is 32.7 Å². The first kappa shape index (κ1) is 13.9. The lowest BCUT2D eigenvalue weighted by molar-refractivity contribution is -0.129. The van der Waals surface area contributed by atoms with E-state index in [2.05, 4.69) is 13.2 Å². The summed E-state index contributed by atoms with van der Waals surface area (Å²) in [5.74, 6) is 0.156. The van der Waals surface area contributed by atoms with Crippen LogP contribution in [0, 0.1) is 0 Å². The maximum Gasteiger partial charge on any atom is 0.222 e. The second kappa shape index (κ2) is 7.25. The van der Waals surface area contributed by atoms with Crippen molar-refractivity contribution in [3.63, 3.8) is 0 Å². The van der Waals surface area contributed by atoms with Crippen molar-refractivity contribution >= 4 is 5.91 Å². The van der Waals surface area contributed by atoms with Gasteiger partial charge in [-0.05, 0) is 6.42 Å². The van der Waals surface area contributed by atoms with Gasteiger partial charge in [0.05, 0.1) is 6.10 Å². The van der Waals surface area contributed by atoms with Crippen LogP contribution in [-0.4, -0.2) is 59.6 Å². The number of carbonyl (C=O) groups is 1. The highest BCUT2D eigenvalue weighted by Gasteiger charge is 2.23. The lowest BCUT2D eigenvalue weighted by Crippen LogP contribution is -2.40. The van der Waals surface area contributed by atoms with Crippen molar-refractivity contribution in [1.82, 2.24) is 9.80 Å². The highest BCUT2D eigenvalue weighted by Crippen LogP contribution is 2.10. The van der Waals surface area contributed by atoms with Gasteiger partial charge in [0, 0.05) is 39.1 Å². The average molecular weight is 238 g/mol. The van der Waals surface area contributed by atoms with E-state index in [4.69, 9.17) is 0 Å². The molecule has 1 fully saturated rings. The van der Waals surface area contributed by atoms with Crippen molar-refractivity contribution in [3.05, 3.63) is 25.3 Å². The molecule has 0 aromatic carbocycles. The molecular formula is C13H22N2O2. The summed E-state index contributed by atoms with van der Waals surface area (Å²) >= 11 is 0. The molecule has 1 unspecified atom stereocenters. The minimum Gasteiger partial charge on any atom is -0.390 e. The molecule has 0 saturated carbocycles. The second-order valence-corrected chi connectivity index (χ2v) is 4.39. The van der Waals surface area contributed by atoms with Crippen LogP contribution >= 0.6 is 0 Å². The number of amides is 1. The fourth-order valence-corrected chi connectivity index (χ4v) is 2.10. The smallest absolute Gasteiger partial charge is 0.222 e. The van der Waals surface area contributed by atoms with Gasteiger partial charge in [-0.2, -0.15) is 0 Å². The van der Waals surface area contributed by atoms with Crippen LogP contribution in [-0.2, 0) is 4.79 Å². The SMILES string of the molecule is C=CCN(CC=C)CC(O)CN1CCCC1=O. The van der Waals surface area contributed by atoms with Gasteiger partial charge in [0.2, 0.25) is 5.91 Å². The monoisotopic (exact) mass is 238 g/mol. The normalized spacial score (nSPS) is 17.5. The first-order valence-corrected chi connectivity index (χ1v) is 6.07. The van der Waals surface area contributed by atoms with Crippen molar-refractivity contribution in [2.24, 2.45) is 0 Å². The van der Waals surface area contributed by atoms with Gasteiger partial charge in [-0.25, -0.2) is 0 Å². The molecule has 0 aromatic heterocycles. The van der Waals surface area contributed by atoms with Crippen molar-refractivity contribution in [3.8, 4) is 0 Å². The molecule has 1 saturated heterocycles. The van der Waals surface area contributed by atoms with E-state index in [9.17, 15) is 9.90 Å². The number of aliphatic hydroxyl groups is 1. The summed E-state index contributed by atoms with van der Waals surface area (Å²) in [7, 11) is 0. The Morgan fingerprint density at radius 2 is 2.06 bits per heavy atom. The van der Waals surface area contributed by atoms with Crippen LogP contribution in [0.5, 0.6) is 0 Å². The summed E-state index contributed by atoms with van der Waals surface area (Å²) < 4.78 is 0. The number of likely N-dealkylation sites (tertiary alicyclic amines) is 1. The number of aliphatic hydroxyl groups excluding tert-OH is 1. The van der Waals surface area contributed by atoms with E-state index in [1.807, 2.05) is 4.90 Å². The molecule has 1 heterocycles. The van der Waals surface area contributed by atoms with Crippen LogP contribution in [0.4, 0.5) is 0 Å². The van der Waals surface area contributed by atoms with E-state index in [0.29, 0.717) is 19.5 Å². The molecular weight excluding hydrogens is 216 g/mol. The van der Waals surface area contributed by atoms with Crippen molar-refractivity contribution in [2.45, 2.75) is 18.9 Å². The first-order chi connectivity index (χ1) is 8.17. The van der Waals surface area contributed by atoms with E-state index in [1.165, 1.54) is 0 Å². The quantitative estimate of drug-likeness (QED) is 0.631. The first-order valence-electron chi connectivity index (χ1n) is 6.07. The van der Waals surface area contributed by atoms with Crippen molar-refractivity contribution in [1.29, 1.82) is 0 Å². The molecule has 96 valence electrons. The van der Waals surface area contributed by atoms with Gasteiger partial charge in [0.1, 0.15) is 0 Å². The molecule has 4 heteroatoms. The zero-order chi connectivity index (χ0) is 12.7. The molecule has 1 N–H and O–H groups in total. The zero-order valence-corrected chi connectivity index (χ0v) is 10.3. The Kier molecular flexibility index (Phi) is 5.94. The van der Waals surface area contributed by atoms with Gasteiger partial charge in [0.15, 0.2) is 0 Å². The third kappa shape index (κ3) is 4.71. The average Bonchev–Trinajstić information content (AvgIpc) is 2.65. The van der Waals surface area contributed by atoms with Crippen LogP contribution in [0.25, 0.3) is 0 Å². The summed E-state index contributed by atoms with van der Waals surface area (Å²) in [5.41, 5.74) is 0. The Bertz CT molecular complexity index is 269. The third-order valence-electron chi connectivity index (χ3n) is 2.85. The lowest BCUT2D eigenvalue weighted by atomic mass is 10.3. The number of rotatable bonds is 8. The van der Waals surface area contributed by atoms with E-state index >= 15 is 0 Å².